The van der Waals surface area contributed by atoms with E-state index in [4.69, 9.17) is 8.83 Å². The van der Waals surface area contributed by atoms with Crippen molar-refractivity contribution in [3.8, 4) is 22.9 Å². The molecule has 9 heteroatoms. The average Bonchev–Trinajstić information content (AvgIpc) is 3.53. The van der Waals surface area contributed by atoms with Gasteiger partial charge in [0.15, 0.2) is 23.0 Å². The van der Waals surface area contributed by atoms with Crippen LogP contribution in [-0.2, 0) is 11.2 Å². The number of carbonyl (C=O) groups excluding carboxylic acids is 2. The van der Waals surface area contributed by atoms with Crippen molar-refractivity contribution in [3.05, 3.63) is 66.1 Å². The van der Waals surface area contributed by atoms with Crippen molar-refractivity contribution in [2.75, 3.05) is 5.32 Å². The Labute approximate surface area is 181 Å². The molecular formula is C22H16N4O4S. The summed E-state index contributed by atoms with van der Waals surface area (Å²) in [5, 5.41) is 11.1. The summed E-state index contributed by atoms with van der Waals surface area (Å²) in [5.74, 6) is 0.903. The van der Waals surface area contributed by atoms with Gasteiger partial charge in [-0.15, -0.1) is 10.2 Å². The lowest BCUT2D eigenvalue weighted by Gasteiger charge is -2.11. The Morgan fingerprint density at radius 1 is 1.06 bits per heavy atom. The summed E-state index contributed by atoms with van der Waals surface area (Å²) in [6.07, 6.45) is 3.38. The molecule has 5 rings (SSSR count). The monoisotopic (exact) mass is 432 g/mol. The van der Waals surface area contributed by atoms with Crippen LogP contribution in [0.3, 0.4) is 0 Å². The van der Waals surface area contributed by atoms with E-state index in [1.807, 2.05) is 0 Å². The van der Waals surface area contributed by atoms with E-state index in [0.717, 1.165) is 11.3 Å². The zero-order chi connectivity index (χ0) is 21.4. The Morgan fingerprint density at radius 3 is 2.52 bits per heavy atom. The molecule has 1 atom stereocenters. The minimum Gasteiger partial charge on any atom is -0.463 e. The summed E-state index contributed by atoms with van der Waals surface area (Å²) in [4.78, 5) is 29.1. The van der Waals surface area contributed by atoms with Crippen LogP contribution in [0.4, 0.5) is 5.69 Å². The molecule has 1 N–H and O–H groups in total. The first-order valence-corrected chi connectivity index (χ1v) is 10.4. The minimum atomic E-state index is -0.455. The van der Waals surface area contributed by atoms with Crippen molar-refractivity contribution in [1.29, 1.82) is 0 Å². The SMILES string of the molecule is CC(Sc1nnc(-c2ccco2)c(-c2ccco2)n1)C(=O)c1ccc2c(c1)CC(=O)N2. The molecule has 0 bridgehead atoms. The van der Waals surface area contributed by atoms with Crippen LogP contribution < -0.4 is 5.32 Å². The van der Waals surface area contributed by atoms with Crippen LogP contribution in [0.1, 0.15) is 22.8 Å². The Hall–Kier alpha value is -3.72. The molecule has 3 aromatic heterocycles. The van der Waals surface area contributed by atoms with Gasteiger partial charge in [-0.2, -0.15) is 0 Å². The number of aromatic nitrogens is 3. The van der Waals surface area contributed by atoms with Crippen LogP contribution in [0, 0.1) is 0 Å². The third kappa shape index (κ3) is 3.75. The van der Waals surface area contributed by atoms with Crippen molar-refractivity contribution < 1.29 is 18.4 Å². The highest BCUT2D eigenvalue weighted by atomic mass is 32.2. The number of benzene rings is 1. The van der Waals surface area contributed by atoms with E-state index in [2.05, 4.69) is 20.5 Å². The standard InChI is InChI=1S/C22H16N4O4S/c1-12(21(28)13-6-7-15-14(10-13)11-18(27)23-15)31-22-24-19(16-4-2-8-29-16)20(25-26-22)17-5-3-9-30-17/h2-10,12H,11H2,1H3,(H,23,27). The molecule has 0 radical (unpaired) electrons. The van der Waals surface area contributed by atoms with Gasteiger partial charge in [0.2, 0.25) is 11.1 Å². The molecule has 0 aliphatic carbocycles. The van der Waals surface area contributed by atoms with Crippen molar-refractivity contribution in [1.82, 2.24) is 15.2 Å². The van der Waals surface area contributed by atoms with Gasteiger partial charge in [-0.1, -0.05) is 11.8 Å². The van der Waals surface area contributed by atoms with Gasteiger partial charge >= 0.3 is 0 Å². The summed E-state index contributed by atoms with van der Waals surface area (Å²) in [6, 6.07) is 12.3. The van der Waals surface area contributed by atoms with Crippen LogP contribution in [0.15, 0.2) is 69.0 Å². The number of amides is 1. The highest BCUT2D eigenvalue weighted by Gasteiger charge is 2.24. The van der Waals surface area contributed by atoms with E-state index in [1.165, 1.54) is 11.8 Å². The normalized spacial score (nSPS) is 13.6. The van der Waals surface area contributed by atoms with E-state index < -0.39 is 5.25 Å². The Balaban J connectivity index is 1.41. The van der Waals surface area contributed by atoms with E-state index in [9.17, 15) is 9.59 Å². The Kier molecular flexibility index (Phi) is 4.87. The number of rotatable bonds is 6. The molecule has 1 unspecified atom stereocenters. The van der Waals surface area contributed by atoms with Gasteiger partial charge < -0.3 is 14.2 Å². The molecule has 4 aromatic rings. The highest BCUT2D eigenvalue weighted by Crippen LogP contribution is 2.32. The van der Waals surface area contributed by atoms with Gasteiger partial charge in [-0.3, -0.25) is 9.59 Å². The number of nitrogens with one attached hydrogen (secondary N) is 1. The maximum Gasteiger partial charge on any atom is 0.228 e. The smallest absolute Gasteiger partial charge is 0.228 e. The Bertz CT molecular complexity index is 1270. The molecule has 31 heavy (non-hydrogen) atoms. The van der Waals surface area contributed by atoms with E-state index in [0.29, 0.717) is 33.6 Å². The van der Waals surface area contributed by atoms with Crippen LogP contribution in [-0.4, -0.2) is 32.1 Å². The van der Waals surface area contributed by atoms with Crippen molar-refractivity contribution in [2.45, 2.75) is 23.8 Å². The van der Waals surface area contributed by atoms with E-state index in [-0.39, 0.29) is 18.1 Å². The average molecular weight is 432 g/mol. The number of hydrogen-bond donors (Lipinski definition) is 1. The van der Waals surface area contributed by atoms with Crippen molar-refractivity contribution in [2.24, 2.45) is 0 Å². The number of Topliss-reactive ketones (excluding diaryl/α,β-unsaturated/α-hetero) is 1. The van der Waals surface area contributed by atoms with Crippen LogP contribution in [0.5, 0.6) is 0 Å². The minimum absolute atomic E-state index is 0.0661. The fourth-order valence-corrected chi connectivity index (χ4v) is 4.15. The van der Waals surface area contributed by atoms with Gasteiger partial charge in [-0.25, -0.2) is 4.98 Å². The summed E-state index contributed by atoms with van der Waals surface area (Å²) >= 11 is 1.21. The molecule has 4 heterocycles. The topological polar surface area (TPSA) is 111 Å². The van der Waals surface area contributed by atoms with Gasteiger partial charge in [0.1, 0.15) is 5.69 Å². The first-order valence-electron chi connectivity index (χ1n) is 9.54. The third-order valence-electron chi connectivity index (χ3n) is 4.84. The van der Waals surface area contributed by atoms with Crippen molar-refractivity contribution >= 4 is 29.1 Å². The number of hydrogen-bond acceptors (Lipinski definition) is 8. The van der Waals surface area contributed by atoms with Gasteiger partial charge in [0.05, 0.1) is 24.2 Å². The number of anilines is 1. The Morgan fingerprint density at radius 2 is 1.81 bits per heavy atom. The largest absolute Gasteiger partial charge is 0.463 e. The second-order valence-corrected chi connectivity index (χ2v) is 8.28. The number of fused-ring (bicyclic) bond motifs is 1. The zero-order valence-electron chi connectivity index (χ0n) is 16.4. The van der Waals surface area contributed by atoms with Gasteiger partial charge in [0, 0.05) is 11.3 Å². The third-order valence-corrected chi connectivity index (χ3v) is 5.79. The maximum absolute atomic E-state index is 13.0. The predicted octanol–water partition coefficient (Wildman–Crippen LogP) is 4.25. The lowest BCUT2D eigenvalue weighted by atomic mass is 10.0. The molecular weight excluding hydrogens is 416 g/mol. The molecule has 0 saturated carbocycles. The molecule has 1 aliphatic rings. The van der Waals surface area contributed by atoms with Crippen LogP contribution in [0.2, 0.25) is 0 Å². The number of nitrogens with zero attached hydrogens (tertiary/aromatic N) is 3. The van der Waals surface area contributed by atoms with E-state index >= 15 is 0 Å². The second-order valence-electron chi connectivity index (χ2n) is 6.97. The second kappa shape index (κ2) is 7.84. The molecule has 1 amide bonds. The highest BCUT2D eigenvalue weighted by molar-refractivity contribution is 8.00. The van der Waals surface area contributed by atoms with E-state index in [1.54, 1.807) is 61.9 Å². The van der Waals surface area contributed by atoms with Crippen LogP contribution >= 0.6 is 11.8 Å². The molecule has 154 valence electrons. The lowest BCUT2D eigenvalue weighted by molar-refractivity contribution is -0.115. The molecule has 8 nitrogen and oxygen atoms in total. The molecule has 0 saturated heterocycles. The summed E-state index contributed by atoms with van der Waals surface area (Å²) < 4.78 is 10.9. The molecule has 1 aromatic carbocycles. The number of carbonyl (C=O) groups is 2. The lowest BCUT2D eigenvalue weighted by Crippen LogP contribution is -2.14. The summed E-state index contributed by atoms with van der Waals surface area (Å²) in [5.41, 5.74) is 3.07. The molecule has 0 spiro atoms. The van der Waals surface area contributed by atoms with Crippen molar-refractivity contribution in [3.63, 3.8) is 0 Å². The molecule has 1 aliphatic heterocycles. The first kappa shape index (κ1) is 19.3. The fraction of sp³-hybridized carbons (Fsp3) is 0.136. The van der Waals surface area contributed by atoms with Crippen LogP contribution in [0.25, 0.3) is 22.9 Å². The summed E-state index contributed by atoms with van der Waals surface area (Å²) in [6.45, 7) is 1.79. The number of furan rings is 2. The van der Waals surface area contributed by atoms with Gasteiger partial charge in [0.25, 0.3) is 0 Å². The summed E-state index contributed by atoms with van der Waals surface area (Å²) in [7, 11) is 0. The maximum atomic E-state index is 13.0. The predicted molar refractivity (Wildman–Crippen MR) is 114 cm³/mol. The van der Waals surface area contributed by atoms with Gasteiger partial charge in [-0.05, 0) is 55.0 Å². The number of thioether (sulfide) groups is 1. The zero-order valence-corrected chi connectivity index (χ0v) is 17.2. The first-order chi connectivity index (χ1) is 15.1. The number of ketones is 1. The fourth-order valence-electron chi connectivity index (χ4n) is 3.35. The molecule has 0 fully saturated rings. The quantitative estimate of drug-likeness (QED) is 0.356.